The van der Waals surface area contributed by atoms with Gasteiger partial charge in [-0.15, -0.1) is 0 Å². The predicted molar refractivity (Wildman–Crippen MR) is 73.3 cm³/mol. The van der Waals surface area contributed by atoms with E-state index in [0.717, 1.165) is 0 Å². The third kappa shape index (κ3) is 3.01. The largest absolute Gasteiger partial charge is 0.493 e. The van der Waals surface area contributed by atoms with Crippen LogP contribution in [0.5, 0.6) is 11.5 Å². The van der Waals surface area contributed by atoms with Crippen LogP contribution in [0.25, 0.3) is 0 Å². The van der Waals surface area contributed by atoms with E-state index in [-0.39, 0.29) is 17.7 Å². The SMILES string of the molecule is CCC(C)(NC(=O)c1cccc(OC)c1OC)C(=O)O. The van der Waals surface area contributed by atoms with E-state index in [2.05, 4.69) is 5.32 Å². The molecule has 0 heterocycles. The lowest BCUT2D eigenvalue weighted by Crippen LogP contribution is -2.51. The molecule has 0 radical (unpaired) electrons. The first-order valence-electron chi connectivity index (χ1n) is 6.16. The molecule has 0 spiro atoms. The minimum atomic E-state index is -1.33. The maximum atomic E-state index is 12.3. The molecule has 1 aromatic rings. The summed E-state index contributed by atoms with van der Waals surface area (Å²) in [7, 11) is 2.89. The van der Waals surface area contributed by atoms with Crippen LogP contribution in [0.3, 0.4) is 0 Å². The highest BCUT2D eigenvalue weighted by Crippen LogP contribution is 2.31. The number of aliphatic carboxylic acids is 1. The fourth-order valence-corrected chi connectivity index (χ4v) is 1.68. The van der Waals surface area contributed by atoms with Crippen LogP contribution in [-0.4, -0.2) is 36.7 Å². The molecule has 1 unspecified atom stereocenters. The molecule has 20 heavy (non-hydrogen) atoms. The van der Waals surface area contributed by atoms with Crippen LogP contribution in [0, 0.1) is 0 Å². The zero-order chi connectivity index (χ0) is 15.3. The van der Waals surface area contributed by atoms with Crippen LogP contribution >= 0.6 is 0 Å². The van der Waals surface area contributed by atoms with E-state index in [1.165, 1.54) is 21.1 Å². The second-order valence-electron chi connectivity index (χ2n) is 4.49. The number of nitrogens with one attached hydrogen (secondary N) is 1. The summed E-state index contributed by atoms with van der Waals surface area (Å²) in [5.41, 5.74) is -1.10. The summed E-state index contributed by atoms with van der Waals surface area (Å²) in [4.78, 5) is 23.5. The number of ether oxygens (including phenoxy) is 2. The number of carbonyl (C=O) groups is 2. The van der Waals surface area contributed by atoms with E-state index in [4.69, 9.17) is 9.47 Å². The van der Waals surface area contributed by atoms with Crippen molar-refractivity contribution in [2.75, 3.05) is 14.2 Å². The molecular formula is C14H19NO5. The van der Waals surface area contributed by atoms with Crippen molar-refractivity contribution in [2.24, 2.45) is 0 Å². The summed E-state index contributed by atoms with van der Waals surface area (Å²) < 4.78 is 10.3. The van der Waals surface area contributed by atoms with Crippen molar-refractivity contribution in [1.29, 1.82) is 0 Å². The van der Waals surface area contributed by atoms with Crippen molar-refractivity contribution >= 4 is 11.9 Å². The summed E-state index contributed by atoms with van der Waals surface area (Å²) in [5.74, 6) is -0.923. The highest BCUT2D eigenvalue weighted by Gasteiger charge is 2.34. The van der Waals surface area contributed by atoms with Crippen molar-refractivity contribution in [3.05, 3.63) is 23.8 Å². The molecule has 1 aromatic carbocycles. The van der Waals surface area contributed by atoms with Gasteiger partial charge in [0, 0.05) is 0 Å². The molecular weight excluding hydrogens is 262 g/mol. The van der Waals surface area contributed by atoms with Gasteiger partial charge in [-0.3, -0.25) is 4.79 Å². The Morgan fingerprint density at radius 1 is 1.30 bits per heavy atom. The molecule has 6 heteroatoms. The van der Waals surface area contributed by atoms with Gasteiger partial charge in [0.2, 0.25) is 0 Å². The van der Waals surface area contributed by atoms with E-state index in [1.807, 2.05) is 0 Å². The quantitative estimate of drug-likeness (QED) is 0.828. The third-order valence-corrected chi connectivity index (χ3v) is 3.22. The smallest absolute Gasteiger partial charge is 0.329 e. The molecule has 0 aliphatic heterocycles. The van der Waals surface area contributed by atoms with Crippen LogP contribution in [-0.2, 0) is 4.79 Å². The molecule has 1 atom stereocenters. The van der Waals surface area contributed by atoms with Gasteiger partial charge in [-0.25, -0.2) is 4.79 Å². The zero-order valence-corrected chi connectivity index (χ0v) is 12.0. The molecule has 0 saturated heterocycles. The number of carbonyl (C=O) groups excluding carboxylic acids is 1. The lowest BCUT2D eigenvalue weighted by atomic mass is 9.98. The fourth-order valence-electron chi connectivity index (χ4n) is 1.68. The maximum Gasteiger partial charge on any atom is 0.329 e. The molecule has 2 N–H and O–H groups in total. The Morgan fingerprint density at radius 2 is 1.95 bits per heavy atom. The van der Waals surface area contributed by atoms with E-state index >= 15 is 0 Å². The van der Waals surface area contributed by atoms with Crippen LogP contribution in [0.15, 0.2) is 18.2 Å². The number of hydrogen-bond acceptors (Lipinski definition) is 4. The normalized spacial score (nSPS) is 13.2. The monoisotopic (exact) mass is 281 g/mol. The lowest BCUT2D eigenvalue weighted by molar-refractivity contribution is -0.143. The lowest BCUT2D eigenvalue weighted by Gasteiger charge is -2.25. The van der Waals surface area contributed by atoms with Gasteiger partial charge in [-0.05, 0) is 25.5 Å². The van der Waals surface area contributed by atoms with Crippen LogP contribution in [0.1, 0.15) is 30.6 Å². The first kappa shape index (κ1) is 15.8. The standard InChI is InChI=1S/C14H19NO5/c1-5-14(2,13(17)18)15-12(16)9-7-6-8-10(19-3)11(9)20-4/h6-8H,5H2,1-4H3,(H,15,16)(H,17,18). The number of rotatable bonds is 6. The van der Waals surface area contributed by atoms with Crippen LogP contribution in [0.2, 0.25) is 0 Å². The molecule has 1 rings (SSSR count). The highest BCUT2D eigenvalue weighted by molar-refractivity contribution is 6.00. The Labute approximate surface area is 117 Å². The molecule has 0 saturated carbocycles. The second-order valence-corrected chi connectivity index (χ2v) is 4.49. The van der Waals surface area contributed by atoms with Crippen LogP contribution in [0.4, 0.5) is 0 Å². The molecule has 6 nitrogen and oxygen atoms in total. The van der Waals surface area contributed by atoms with Gasteiger partial charge in [0.05, 0.1) is 19.8 Å². The van der Waals surface area contributed by atoms with E-state index in [9.17, 15) is 14.7 Å². The number of benzene rings is 1. The number of carboxylic acid groups (broad SMARTS) is 1. The van der Waals surface area contributed by atoms with Crippen molar-refractivity contribution in [2.45, 2.75) is 25.8 Å². The average molecular weight is 281 g/mol. The maximum absolute atomic E-state index is 12.3. The van der Waals surface area contributed by atoms with E-state index in [0.29, 0.717) is 5.75 Å². The average Bonchev–Trinajstić information content (AvgIpc) is 2.45. The molecule has 0 aromatic heterocycles. The molecule has 110 valence electrons. The van der Waals surface area contributed by atoms with Gasteiger partial charge < -0.3 is 19.9 Å². The van der Waals surface area contributed by atoms with Crippen molar-refractivity contribution in [3.63, 3.8) is 0 Å². The first-order chi connectivity index (χ1) is 9.39. The van der Waals surface area contributed by atoms with E-state index < -0.39 is 17.4 Å². The number of carboxylic acids is 1. The van der Waals surface area contributed by atoms with Gasteiger partial charge in [-0.2, -0.15) is 0 Å². The summed E-state index contributed by atoms with van der Waals surface area (Å²) >= 11 is 0. The Morgan fingerprint density at radius 3 is 2.40 bits per heavy atom. The third-order valence-electron chi connectivity index (χ3n) is 3.22. The summed E-state index contributed by atoms with van der Waals surface area (Å²) in [6, 6.07) is 4.85. The number of methoxy groups -OCH3 is 2. The summed E-state index contributed by atoms with van der Waals surface area (Å²) in [6.07, 6.45) is 0.264. The number of hydrogen-bond donors (Lipinski definition) is 2. The van der Waals surface area contributed by atoms with Gasteiger partial charge in [0.1, 0.15) is 5.54 Å². The highest BCUT2D eigenvalue weighted by atomic mass is 16.5. The van der Waals surface area contributed by atoms with Crippen molar-refractivity contribution in [3.8, 4) is 11.5 Å². The number of para-hydroxylation sites is 1. The van der Waals surface area contributed by atoms with Gasteiger partial charge >= 0.3 is 5.97 Å². The Bertz CT molecular complexity index is 514. The topological polar surface area (TPSA) is 84.9 Å². The minimum absolute atomic E-state index is 0.229. The number of amides is 1. The minimum Gasteiger partial charge on any atom is -0.493 e. The Balaban J connectivity index is 3.13. The van der Waals surface area contributed by atoms with Gasteiger partial charge in [0.25, 0.3) is 5.91 Å². The predicted octanol–water partition coefficient (Wildman–Crippen LogP) is 1.69. The second kappa shape index (κ2) is 6.27. The van der Waals surface area contributed by atoms with Crippen LogP contribution < -0.4 is 14.8 Å². The molecule has 1 amide bonds. The molecule has 0 aliphatic carbocycles. The van der Waals surface area contributed by atoms with Crippen molar-refractivity contribution < 1.29 is 24.2 Å². The first-order valence-corrected chi connectivity index (χ1v) is 6.16. The Kier molecular flexibility index (Phi) is 4.96. The van der Waals surface area contributed by atoms with Gasteiger partial charge in [0.15, 0.2) is 11.5 Å². The summed E-state index contributed by atoms with van der Waals surface area (Å²) in [6.45, 7) is 3.15. The zero-order valence-electron chi connectivity index (χ0n) is 12.0. The molecule has 0 aliphatic rings. The Hall–Kier alpha value is -2.24. The summed E-state index contributed by atoms with van der Waals surface area (Å²) in [5, 5.41) is 11.7. The van der Waals surface area contributed by atoms with Gasteiger partial charge in [-0.1, -0.05) is 13.0 Å². The molecule has 0 bridgehead atoms. The molecule has 0 fully saturated rings. The van der Waals surface area contributed by atoms with E-state index in [1.54, 1.807) is 25.1 Å². The van der Waals surface area contributed by atoms with Crippen molar-refractivity contribution in [1.82, 2.24) is 5.32 Å². The fraction of sp³-hybridized carbons (Fsp3) is 0.429.